The van der Waals surface area contributed by atoms with Gasteiger partial charge in [-0.05, 0) is 25.0 Å². The molecular formula is C17H15F3N2O4. The average Bonchev–Trinajstić information content (AvgIpc) is 3.12. The summed E-state index contributed by atoms with van der Waals surface area (Å²) in [7, 11) is 0. The third kappa shape index (κ3) is 4.10. The monoisotopic (exact) mass is 368 g/mol. The largest absolute Gasteiger partial charge is 0.476 e. The molecule has 138 valence electrons. The fourth-order valence-corrected chi connectivity index (χ4v) is 2.54. The second-order valence-corrected chi connectivity index (χ2v) is 5.74. The van der Waals surface area contributed by atoms with Gasteiger partial charge in [0.1, 0.15) is 12.3 Å². The summed E-state index contributed by atoms with van der Waals surface area (Å²) in [6.45, 7) is 0.845. The van der Waals surface area contributed by atoms with Crippen molar-refractivity contribution in [3.05, 3.63) is 41.7 Å². The molecule has 1 saturated heterocycles. The van der Waals surface area contributed by atoms with Gasteiger partial charge in [0.15, 0.2) is 5.69 Å². The first-order valence-corrected chi connectivity index (χ1v) is 7.87. The van der Waals surface area contributed by atoms with E-state index in [2.05, 4.69) is 9.97 Å². The average molecular weight is 368 g/mol. The number of carbonyl (C=O) groups is 1. The summed E-state index contributed by atoms with van der Waals surface area (Å²) >= 11 is 0. The Kier molecular flexibility index (Phi) is 5.08. The van der Waals surface area contributed by atoms with Crippen LogP contribution in [0.4, 0.5) is 13.2 Å². The first-order chi connectivity index (χ1) is 12.3. The molecule has 0 aliphatic carbocycles. The minimum atomic E-state index is -4.47. The van der Waals surface area contributed by atoms with E-state index in [1.807, 2.05) is 0 Å². The van der Waals surface area contributed by atoms with Crippen molar-refractivity contribution in [1.29, 1.82) is 0 Å². The van der Waals surface area contributed by atoms with Gasteiger partial charge in [-0.15, -0.1) is 0 Å². The van der Waals surface area contributed by atoms with E-state index in [9.17, 15) is 18.0 Å². The Labute approximate surface area is 146 Å². The Balaban J connectivity index is 1.91. The van der Waals surface area contributed by atoms with Crippen LogP contribution < -0.4 is 4.74 Å². The van der Waals surface area contributed by atoms with Gasteiger partial charge in [0.2, 0.25) is 5.88 Å². The highest BCUT2D eigenvalue weighted by Crippen LogP contribution is 2.32. The number of aromatic nitrogens is 2. The fraction of sp³-hybridized carbons (Fsp3) is 0.353. The molecule has 1 aromatic heterocycles. The van der Waals surface area contributed by atoms with E-state index in [0.717, 1.165) is 31.2 Å². The Bertz CT molecular complexity index is 788. The van der Waals surface area contributed by atoms with Gasteiger partial charge >= 0.3 is 12.1 Å². The molecule has 1 N–H and O–H groups in total. The number of halogens is 3. The summed E-state index contributed by atoms with van der Waals surface area (Å²) in [5.41, 5.74) is -0.803. The molecule has 1 fully saturated rings. The lowest BCUT2D eigenvalue weighted by Gasteiger charge is -2.14. The molecule has 2 aromatic rings. The molecule has 26 heavy (non-hydrogen) atoms. The van der Waals surface area contributed by atoms with Gasteiger partial charge in [-0.2, -0.15) is 13.2 Å². The van der Waals surface area contributed by atoms with Crippen LogP contribution in [0.2, 0.25) is 0 Å². The lowest BCUT2D eigenvalue weighted by Crippen LogP contribution is -2.17. The minimum absolute atomic E-state index is 0.0465. The van der Waals surface area contributed by atoms with Gasteiger partial charge in [0.25, 0.3) is 0 Å². The Morgan fingerprint density at radius 1 is 1.31 bits per heavy atom. The number of aromatic carboxylic acids is 1. The van der Waals surface area contributed by atoms with E-state index < -0.39 is 17.7 Å². The number of hydrogen-bond donors (Lipinski definition) is 1. The lowest BCUT2D eigenvalue weighted by molar-refractivity contribution is -0.137. The number of carboxylic acids is 1. The quantitative estimate of drug-likeness (QED) is 0.871. The van der Waals surface area contributed by atoms with Gasteiger partial charge < -0.3 is 14.6 Å². The maximum Gasteiger partial charge on any atom is 0.416 e. The molecule has 0 bridgehead atoms. The van der Waals surface area contributed by atoms with Crippen molar-refractivity contribution < 1.29 is 32.5 Å². The van der Waals surface area contributed by atoms with Crippen LogP contribution in [-0.4, -0.2) is 40.4 Å². The molecule has 0 radical (unpaired) electrons. The molecule has 0 unspecified atom stereocenters. The number of alkyl halides is 3. The third-order valence-electron chi connectivity index (χ3n) is 3.87. The van der Waals surface area contributed by atoms with Gasteiger partial charge in [-0.3, -0.25) is 0 Å². The molecule has 1 atom stereocenters. The highest BCUT2D eigenvalue weighted by molar-refractivity contribution is 5.86. The van der Waals surface area contributed by atoms with Gasteiger partial charge in [0.05, 0.1) is 17.9 Å². The molecule has 1 aromatic carbocycles. The Morgan fingerprint density at radius 3 is 2.62 bits per heavy atom. The molecule has 3 rings (SSSR count). The number of benzene rings is 1. The van der Waals surface area contributed by atoms with E-state index in [4.69, 9.17) is 14.6 Å². The van der Waals surface area contributed by atoms with Crippen molar-refractivity contribution in [3.8, 4) is 17.1 Å². The van der Waals surface area contributed by atoms with Crippen molar-refractivity contribution in [2.75, 3.05) is 13.2 Å². The second kappa shape index (κ2) is 7.28. The first kappa shape index (κ1) is 18.1. The number of hydrogen-bond acceptors (Lipinski definition) is 5. The van der Waals surface area contributed by atoms with Crippen LogP contribution in [0.1, 0.15) is 28.9 Å². The summed E-state index contributed by atoms with van der Waals surface area (Å²) in [6.07, 6.45) is -1.77. The van der Waals surface area contributed by atoms with E-state index in [1.165, 1.54) is 12.1 Å². The zero-order valence-corrected chi connectivity index (χ0v) is 13.5. The summed E-state index contributed by atoms with van der Waals surface area (Å²) in [6, 6.07) is 4.21. The molecule has 0 spiro atoms. The van der Waals surface area contributed by atoms with Crippen molar-refractivity contribution >= 4 is 5.97 Å². The van der Waals surface area contributed by atoms with Crippen LogP contribution in [-0.2, 0) is 10.9 Å². The molecule has 1 aliphatic heterocycles. The zero-order chi connectivity index (χ0) is 18.7. The fourth-order valence-electron chi connectivity index (χ4n) is 2.54. The molecule has 0 amide bonds. The molecule has 6 nitrogen and oxygen atoms in total. The summed E-state index contributed by atoms with van der Waals surface area (Å²) in [4.78, 5) is 19.1. The van der Waals surface area contributed by atoms with Gasteiger partial charge in [-0.1, -0.05) is 12.1 Å². The minimum Gasteiger partial charge on any atom is -0.476 e. The predicted molar refractivity (Wildman–Crippen MR) is 83.9 cm³/mol. The normalized spacial score (nSPS) is 17.3. The number of nitrogens with zero attached hydrogens (tertiary/aromatic N) is 2. The zero-order valence-electron chi connectivity index (χ0n) is 13.5. The van der Waals surface area contributed by atoms with E-state index in [-0.39, 0.29) is 35.5 Å². The standard InChI is InChI=1S/C17H15F3N2O4/c18-17(19,20)11-5-3-10(4-6-11)14-15(21-8-13(22-14)16(23)24)26-9-12-2-1-7-25-12/h3-6,8,12H,1-2,7,9H2,(H,23,24)/t12-/m1/s1. The molecule has 1 aliphatic rings. The smallest absolute Gasteiger partial charge is 0.416 e. The van der Waals surface area contributed by atoms with Gasteiger partial charge in [-0.25, -0.2) is 14.8 Å². The highest BCUT2D eigenvalue weighted by atomic mass is 19.4. The SMILES string of the molecule is O=C(O)c1cnc(OC[C@H]2CCCO2)c(-c2ccc(C(F)(F)F)cc2)n1. The Hall–Kier alpha value is -2.68. The van der Waals surface area contributed by atoms with Crippen LogP contribution in [0, 0.1) is 0 Å². The maximum atomic E-state index is 12.7. The number of ether oxygens (including phenoxy) is 2. The number of carboxylic acid groups (broad SMARTS) is 1. The summed E-state index contributed by atoms with van der Waals surface area (Å²) in [5.74, 6) is -1.25. The number of rotatable bonds is 5. The first-order valence-electron chi connectivity index (χ1n) is 7.87. The Morgan fingerprint density at radius 2 is 2.04 bits per heavy atom. The van der Waals surface area contributed by atoms with Crippen LogP contribution in [0.3, 0.4) is 0 Å². The maximum absolute atomic E-state index is 12.7. The molecule has 9 heteroatoms. The predicted octanol–water partition coefficient (Wildman–Crippen LogP) is 3.42. The van der Waals surface area contributed by atoms with Crippen molar-refractivity contribution in [2.45, 2.75) is 25.1 Å². The van der Waals surface area contributed by atoms with Crippen molar-refractivity contribution in [2.24, 2.45) is 0 Å². The summed E-state index contributed by atoms with van der Waals surface area (Å²) < 4.78 is 49.2. The van der Waals surface area contributed by atoms with Crippen LogP contribution >= 0.6 is 0 Å². The van der Waals surface area contributed by atoms with E-state index in [0.29, 0.717) is 6.61 Å². The second-order valence-electron chi connectivity index (χ2n) is 5.74. The van der Waals surface area contributed by atoms with Crippen LogP contribution in [0.25, 0.3) is 11.3 Å². The lowest BCUT2D eigenvalue weighted by atomic mass is 10.1. The van der Waals surface area contributed by atoms with Crippen molar-refractivity contribution in [1.82, 2.24) is 9.97 Å². The molecule has 0 saturated carbocycles. The van der Waals surface area contributed by atoms with E-state index in [1.54, 1.807) is 0 Å². The topological polar surface area (TPSA) is 81.5 Å². The molecule has 2 heterocycles. The highest BCUT2D eigenvalue weighted by Gasteiger charge is 2.30. The van der Waals surface area contributed by atoms with Crippen LogP contribution in [0.5, 0.6) is 5.88 Å². The van der Waals surface area contributed by atoms with Crippen LogP contribution in [0.15, 0.2) is 30.5 Å². The van der Waals surface area contributed by atoms with Crippen molar-refractivity contribution in [3.63, 3.8) is 0 Å². The molecular weight excluding hydrogens is 353 g/mol. The van der Waals surface area contributed by atoms with E-state index >= 15 is 0 Å². The summed E-state index contributed by atoms with van der Waals surface area (Å²) in [5, 5.41) is 9.09. The third-order valence-corrected chi connectivity index (χ3v) is 3.87. The van der Waals surface area contributed by atoms with Gasteiger partial charge in [0, 0.05) is 12.2 Å².